The number of aromatic nitrogens is 2. The van der Waals surface area contributed by atoms with Crippen molar-refractivity contribution >= 4 is 29.2 Å². The maximum atomic E-state index is 7.31. The van der Waals surface area contributed by atoms with Crippen molar-refractivity contribution < 1.29 is 0 Å². The van der Waals surface area contributed by atoms with E-state index in [0.717, 1.165) is 4.90 Å². The van der Waals surface area contributed by atoms with Crippen LogP contribution in [0, 0.1) is 5.41 Å². The highest BCUT2D eigenvalue weighted by Crippen LogP contribution is 2.31. The van der Waals surface area contributed by atoms with Gasteiger partial charge in [0.15, 0.2) is 5.16 Å². The van der Waals surface area contributed by atoms with Crippen molar-refractivity contribution in [1.82, 2.24) is 9.97 Å². The summed E-state index contributed by atoms with van der Waals surface area (Å²) in [6.45, 7) is 0. The minimum absolute atomic E-state index is 0.000545. The van der Waals surface area contributed by atoms with E-state index in [1.165, 1.54) is 11.8 Å². The molecule has 1 aromatic carbocycles. The highest BCUT2D eigenvalue weighted by Gasteiger charge is 2.06. The Balaban J connectivity index is 2.26. The third-order valence-corrected chi connectivity index (χ3v) is 3.38. The van der Waals surface area contributed by atoms with E-state index in [9.17, 15) is 0 Å². The summed E-state index contributed by atoms with van der Waals surface area (Å²) in [5.41, 5.74) is 5.98. The van der Waals surface area contributed by atoms with Crippen LogP contribution in [-0.2, 0) is 0 Å². The predicted octanol–water partition coefficient (Wildman–Crippen LogP) is 2.57. The standard InChI is InChI=1S/C11H9ClN4S/c12-8-6-7(10(13)14)2-3-9(8)17-11-15-4-1-5-16-11/h1-6H,(H3,13,14). The first-order chi connectivity index (χ1) is 8.16. The van der Waals surface area contributed by atoms with Crippen LogP contribution in [0.25, 0.3) is 0 Å². The summed E-state index contributed by atoms with van der Waals surface area (Å²) in [5.74, 6) is -0.000545. The predicted molar refractivity (Wildman–Crippen MR) is 68.6 cm³/mol. The van der Waals surface area contributed by atoms with Gasteiger partial charge >= 0.3 is 0 Å². The molecule has 6 heteroatoms. The van der Waals surface area contributed by atoms with Crippen LogP contribution in [0.2, 0.25) is 5.02 Å². The van der Waals surface area contributed by atoms with Gasteiger partial charge in [-0.15, -0.1) is 0 Å². The van der Waals surface area contributed by atoms with Crippen LogP contribution in [0.4, 0.5) is 0 Å². The molecule has 0 amide bonds. The van der Waals surface area contributed by atoms with Gasteiger partial charge in [-0.3, -0.25) is 5.41 Å². The highest BCUT2D eigenvalue weighted by molar-refractivity contribution is 7.99. The SMILES string of the molecule is N=C(N)c1ccc(Sc2ncccn2)c(Cl)c1. The minimum atomic E-state index is -0.000545. The fraction of sp³-hybridized carbons (Fsp3) is 0. The molecule has 0 saturated carbocycles. The smallest absolute Gasteiger partial charge is 0.192 e. The number of nitrogen functional groups attached to an aromatic ring is 1. The summed E-state index contributed by atoms with van der Waals surface area (Å²) in [6.07, 6.45) is 3.35. The third kappa shape index (κ3) is 2.95. The Morgan fingerprint density at radius 1 is 1.29 bits per heavy atom. The van der Waals surface area contributed by atoms with Gasteiger partial charge in [-0.05, 0) is 30.0 Å². The molecule has 2 rings (SSSR count). The molecule has 0 aliphatic heterocycles. The second kappa shape index (κ2) is 5.16. The van der Waals surface area contributed by atoms with E-state index in [1.807, 2.05) is 0 Å². The maximum absolute atomic E-state index is 7.31. The van der Waals surface area contributed by atoms with Crippen molar-refractivity contribution in [2.75, 3.05) is 0 Å². The average Bonchev–Trinajstić information content (AvgIpc) is 2.33. The lowest BCUT2D eigenvalue weighted by atomic mass is 10.2. The average molecular weight is 265 g/mol. The second-order valence-electron chi connectivity index (χ2n) is 3.19. The first-order valence-electron chi connectivity index (χ1n) is 4.75. The number of nitrogens with one attached hydrogen (secondary N) is 1. The molecule has 0 unspecified atom stereocenters. The molecule has 4 nitrogen and oxygen atoms in total. The van der Waals surface area contributed by atoms with E-state index in [-0.39, 0.29) is 5.84 Å². The van der Waals surface area contributed by atoms with E-state index in [2.05, 4.69) is 9.97 Å². The summed E-state index contributed by atoms with van der Waals surface area (Å²) in [4.78, 5) is 9.03. The normalized spacial score (nSPS) is 10.2. The highest BCUT2D eigenvalue weighted by atomic mass is 35.5. The molecule has 2 aromatic rings. The molecule has 1 aromatic heterocycles. The van der Waals surface area contributed by atoms with Crippen molar-refractivity contribution in [1.29, 1.82) is 5.41 Å². The summed E-state index contributed by atoms with van der Waals surface area (Å²) in [5, 5.41) is 8.48. The number of hydrogen-bond acceptors (Lipinski definition) is 4. The summed E-state index contributed by atoms with van der Waals surface area (Å²) < 4.78 is 0. The second-order valence-corrected chi connectivity index (χ2v) is 4.61. The molecule has 0 radical (unpaired) electrons. The Kier molecular flexibility index (Phi) is 3.61. The molecule has 86 valence electrons. The third-order valence-electron chi connectivity index (χ3n) is 1.99. The Hall–Kier alpha value is -1.59. The van der Waals surface area contributed by atoms with Crippen LogP contribution in [0.5, 0.6) is 0 Å². The van der Waals surface area contributed by atoms with Crippen molar-refractivity contribution in [3.05, 3.63) is 47.2 Å². The lowest BCUT2D eigenvalue weighted by Crippen LogP contribution is -2.10. The zero-order valence-electron chi connectivity index (χ0n) is 8.72. The number of nitrogens with zero attached hydrogens (tertiary/aromatic N) is 2. The Labute approximate surface area is 108 Å². The molecule has 0 atom stereocenters. The van der Waals surface area contributed by atoms with Crippen molar-refractivity contribution in [2.45, 2.75) is 10.1 Å². The molecule has 0 aliphatic rings. The van der Waals surface area contributed by atoms with Crippen LogP contribution >= 0.6 is 23.4 Å². The molecule has 0 saturated heterocycles. The number of benzene rings is 1. The molecule has 0 spiro atoms. The van der Waals surface area contributed by atoms with Crippen molar-refractivity contribution in [3.8, 4) is 0 Å². The van der Waals surface area contributed by atoms with E-state index in [0.29, 0.717) is 15.7 Å². The molecule has 17 heavy (non-hydrogen) atoms. The first kappa shape index (κ1) is 11.9. The maximum Gasteiger partial charge on any atom is 0.192 e. The number of amidine groups is 1. The van der Waals surface area contributed by atoms with E-state index < -0.39 is 0 Å². The molecule has 3 N–H and O–H groups in total. The Morgan fingerprint density at radius 2 is 2.00 bits per heavy atom. The Bertz CT molecular complexity index is 544. The largest absolute Gasteiger partial charge is 0.384 e. The van der Waals surface area contributed by atoms with Crippen LogP contribution in [0.3, 0.4) is 0 Å². The number of nitrogens with two attached hydrogens (primary N) is 1. The van der Waals surface area contributed by atoms with Gasteiger partial charge in [-0.25, -0.2) is 9.97 Å². The van der Waals surface area contributed by atoms with Crippen LogP contribution in [-0.4, -0.2) is 15.8 Å². The Morgan fingerprint density at radius 3 is 2.59 bits per heavy atom. The molecule has 0 aliphatic carbocycles. The van der Waals surface area contributed by atoms with Crippen LogP contribution in [0.1, 0.15) is 5.56 Å². The molecular formula is C11H9ClN4S. The minimum Gasteiger partial charge on any atom is -0.384 e. The topological polar surface area (TPSA) is 75.7 Å². The van der Waals surface area contributed by atoms with E-state index >= 15 is 0 Å². The monoisotopic (exact) mass is 264 g/mol. The number of halogens is 1. The molecule has 1 heterocycles. The van der Waals surface area contributed by atoms with Crippen LogP contribution < -0.4 is 5.73 Å². The summed E-state index contributed by atoms with van der Waals surface area (Å²) in [6, 6.07) is 6.97. The van der Waals surface area contributed by atoms with Gasteiger partial charge in [-0.1, -0.05) is 17.7 Å². The summed E-state index contributed by atoms with van der Waals surface area (Å²) in [7, 11) is 0. The number of hydrogen-bond donors (Lipinski definition) is 2. The molecular weight excluding hydrogens is 256 g/mol. The number of rotatable bonds is 3. The van der Waals surface area contributed by atoms with Gasteiger partial charge in [0.2, 0.25) is 0 Å². The van der Waals surface area contributed by atoms with Gasteiger partial charge in [0.1, 0.15) is 5.84 Å². The van der Waals surface area contributed by atoms with Gasteiger partial charge in [0, 0.05) is 22.9 Å². The van der Waals surface area contributed by atoms with Gasteiger partial charge in [0.05, 0.1) is 5.02 Å². The van der Waals surface area contributed by atoms with Gasteiger partial charge in [0.25, 0.3) is 0 Å². The quantitative estimate of drug-likeness (QED) is 0.508. The lowest BCUT2D eigenvalue weighted by Gasteiger charge is -2.04. The van der Waals surface area contributed by atoms with Gasteiger partial charge < -0.3 is 5.73 Å². The van der Waals surface area contributed by atoms with Crippen LogP contribution in [0.15, 0.2) is 46.7 Å². The molecule has 0 fully saturated rings. The van der Waals surface area contributed by atoms with E-state index in [1.54, 1.807) is 36.7 Å². The first-order valence-corrected chi connectivity index (χ1v) is 5.95. The fourth-order valence-electron chi connectivity index (χ4n) is 1.19. The zero-order chi connectivity index (χ0) is 12.3. The lowest BCUT2D eigenvalue weighted by molar-refractivity contribution is 0.967. The van der Waals surface area contributed by atoms with Gasteiger partial charge in [-0.2, -0.15) is 0 Å². The summed E-state index contributed by atoms with van der Waals surface area (Å²) >= 11 is 7.46. The van der Waals surface area contributed by atoms with E-state index in [4.69, 9.17) is 22.7 Å². The van der Waals surface area contributed by atoms with Crippen molar-refractivity contribution in [3.63, 3.8) is 0 Å². The molecule has 0 bridgehead atoms. The zero-order valence-corrected chi connectivity index (χ0v) is 10.3. The van der Waals surface area contributed by atoms with Crippen molar-refractivity contribution in [2.24, 2.45) is 5.73 Å². The fourth-order valence-corrected chi connectivity index (χ4v) is 2.20.